The molecule has 0 unspecified atom stereocenters. The van der Waals surface area contributed by atoms with Crippen LogP contribution >= 0.6 is 0 Å². The van der Waals surface area contributed by atoms with Gasteiger partial charge >= 0.3 is 5.97 Å². The van der Waals surface area contributed by atoms with E-state index in [0.717, 1.165) is 0 Å². The summed E-state index contributed by atoms with van der Waals surface area (Å²) in [5.74, 6) is -1.65. The third-order valence-electron chi connectivity index (χ3n) is 3.62. The lowest BCUT2D eigenvalue weighted by molar-refractivity contribution is -0.385. The first-order valence-electron chi connectivity index (χ1n) is 6.58. The van der Waals surface area contributed by atoms with Gasteiger partial charge in [-0.15, -0.1) is 0 Å². The fourth-order valence-electron chi connectivity index (χ4n) is 2.07. The SMILES string of the molecule is CCC(CC)(NC(=O)c1ccc([N+](=O)[O-])c(C)c1)C(=O)O. The number of nitrogens with one attached hydrogen (secondary N) is 1. The number of aryl methyl sites for hydroxylation is 1. The van der Waals surface area contributed by atoms with Gasteiger partial charge in [-0.1, -0.05) is 13.8 Å². The molecule has 1 amide bonds. The topological polar surface area (TPSA) is 110 Å². The normalized spacial score (nSPS) is 11.0. The van der Waals surface area contributed by atoms with Crippen molar-refractivity contribution in [1.82, 2.24) is 5.32 Å². The molecule has 0 atom stereocenters. The summed E-state index contributed by atoms with van der Waals surface area (Å²) in [4.78, 5) is 33.7. The summed E-state index contributed by atoms with van der Waals surface area (Å²) in [6.07, 6.45) is 0.493. The van der Waals surface area contributed by atoms with Gasteiger partial charge < -0.3 is 10.4 Å². The first-order valence-corrected chi connectivity index (χ1v) is 6.58. The van der Waals surface area contributed by atoms with Crippen LogP contribution < -0.4 is 5.32 Å². The van der Waals surface area contributed by atoms with Crippen LogP contribution in [0.25, 0.3) is 0 Å². The van der Waals surface area contributed by atoms with Crippen LogP contribution in [-0.2, 0) is 4.79 Å². The summed E-state index contributed by atoms with van der Waals surface area (Å²) in [6.45, 7) is 4.89. The maximum Gasteiger partial charge on any atom is 0.329 e. The van der Waals surface area contributed by atoms with Crippen molar-refractivity contribution in [2.45, 2.75) is 39.2 Å². The molecule has 0 saturated carbocycles. The third-order valence-corrected chi connectivity index (χ3v) is 3.62. The van der Waals surface area contributed by atoms with E-state index in [0.29, 0.717) is 5.56 Å². The number of carbonyl (C=O) groups is 2. The molecule has 21 heavy (non-hydrogen) atoms. The molecule has 114 valence electrons. The number of rotatable bonds is 6. The maximum atomic E-state index is 12.2. The van der Waals surface area contributed by atoms with Gasteiger partial charge in [-0.3, -0.25) is 14.9 Å². The fraction of sp³-hybridized carbons (Fsp3) is 0.429. The highest BCUT2D eigenvalue weighted by Gasteiger charge is 2.36. The fourth-order valence-corrected chi connectivity index (χ4v) is 2.07. The first kappa shape index (κ1) is 16.6. The van der Waals surface area contributed by atoms with Gasteiger partial charge in [0.2, 0.25) is 0 Å². The van der Waals surface area contributed by atoms with Crippen molar-refractivity contribution in [2.24, 2.45) is 0 Å². The van der Waals surface area contributed by atoms with Crippen molar-refractivity contribution >= 4 is 17.6 Å². The number of aliphatic carboxylic acids is 1. The van der Waals surface area contributed by atoms with E-state index in [4.69, 9.17) is 0 Å². The Hall–Kier alpha value is -2.44. The van der Waals surface area contributed by atoms with E-state index >= 15 is 0 Å². The molecule has 0 aliphatic heterocycles. The van der Waals surface area contributed by atoms with Gasteiger partial charge in [0.25, 0.3) is 11.6 Å². The number of carboxylic acids is 1. The summed E-state index contributed by atoms with van der Waals surface area (Å²) in [5.41, 5.74) is -0.860. The molecule has 0 fully saturated rings. The van der Waals surface area contributed by atoms with Gasteiger partial charge in [0.15, 0.2) is 0 Å². The summed E-state index contributed by atoms with van der Waals surface area (Å²) in [6, 6.07) is 3.94. The molecule has 1 aromatic carbocycles. The van der Waals surface area contributed by atoms with Crippen LogP contribution in [0.5, 0.6) is 0 Å². The second-order valence-corrected chi connectivity index (χ2v) is 4.81. The highest BCUT2D eigenvalue weighted by molar-refractivity contribution is 5.98. The second-order valence-electron chi connectivity index (χ2n) is 4.81. The molecule has 7 nitrogen and oxygen atoms in total. The Bertz CT molecular complexity index is 579. The predicted octanol–water partition coefficient (Wildman–Crippen LogP) is 2.28. The Morgan fingerprint density at radius 2 is 1.90 bits per heavy atom. The van der Waals surface area contributed by atoms with Gasteiger partial charge in [-0.25, -0.2) is 4.79 Å². The maximum absolute atomic E-state index is 12.2. The molecule has 0 spiro atoms. The minimum Gasteiger partial charge on any atom is -0.480 e. The molecule has 1 rings (SSSR count). The minimum atomic E-state index is -1.33. The molecule has 1 aromatic rings. The quantitative estimate of drug-likeness (QED) is 0.617. The van der Waals surface area contributed by atoms with Gasteiger partial charge in [0.05, 0.1) is 4.92 Å². The number of nitrogens with zero attached hydrogens (tertiary/aromatic N) is 1. The molecular weight excluding hydrogens is 276 g/mol. The number of hydrogen-bond donors (Lipinski definition) is 2. The van der Waals surface area contributed by atoms with Gasteiger partial charge in [0.1, 0.15) is 5.54 Å². The van der Waals surface area contributed by atoms with Crippen molar-refractivity contribution < 1.29 is 19.6 Å². The van der Waals surface area contributed by atoms with Crippen molar-refractivity contribution in [3.8, 4) is 0 Å². The average molecular weight is 294 g/mol. The molecule has 0 aliphatic carbocycles. The number of nitro groups is 1. The number of nitro benzene ring substituents is 1. The molecule has 0 bridgehead atoms. The molecular formula is C14H18N2O5. The second kappa shape index (κ2) is 6.34. The molecule has 0 radical (unpaired) electrons. The molecule has 0 heterocycles. The molecule has 0 aromatic heterocycles. The summed E-state index contributed by atoms with van der Waals surface area (Å²) < 4.78 is 0. The number of amides is 1. The van der Waals surface area contributed by atoms with E-state index in [1.807, 2.05) is 0 Å². The molecule has 2 N–H and O–H groups in total. The lowest BCUT2D eigenvalue weighted by Crippen LogP contribution is -2.53. The van der Waals surface area contributed by atoms with Crippen LogP contribution in [0.2, 0.25) is 0 Å². The number of benzene rings is 1. The lowest BCUT2D eigenvalue weighted by Gasteiger charge is -2.28. The summed E-state index contributed by atoms with van der Waals surface area (Å²) in [5, 5.41) is 22.5. The summed E-state index contributed by atoms with van der Waals surface area (Å²) in [7, 11) is 0. The number of carboxylic acid groups (broad SMARTS) is 1. The van der Waals surface area contributed by atoms with Crippen molar-refractivity contribution in [2.75, 3.05) is 0 Å². The predicted molar refractivity (Wildman–Crippen MR) is 76.2 cm³/mol. The van der Waals surface area contributed by atoms with E-state index in [-0.39, 0.29) is 24.1 Å². The van der Waals surface area contributed by atoms with E-state index in [2.05, 4.69) is 5.32 Å². The summed E-state index contributed by atoms with van der Waals surface area (Å²) >= 11 is 0. The molecule has 7 heteroatoms. The van der Waals surface area contributed by atoms with Crippen LogP contribution in [0.3, 0.4) is 0 Å². The first-order chi connectivity index (χ1) is 9.77. The Balaban J connectivity index is 3.07. The Labute approximate surface area is 122 Å². The highest BCUT2D eigenvalue weighted by Crippen LogP contribution is 2.21. The van der Waals surface area contributed by atoms with E-state index in [9.17, 15) is 24.8 Å². The minimum absolute atomic E-state index is 0.0815. The third kappa shape index (κ3) is 3.36. The monoisotopic (exact) mass is 294 g/mol. The van der Waals surface area contributed by atoms with Crippen LogP contribution in [-0.4, -0.2) is 27.4 Å². The Morgan fingerprint density at radius 3 is 2.29 bits per heavy atom. The van der Waals surface area contributed by atoms with Gasteiger partial charge in [-0.05, 0) is 31.9 Å². The standard InChI is InChI=1S/C14H18N2O5/c1-4-14(5-2,13(18)19)15-12(17)10-6-7-11(16(20)21)9(3)8-10/h6-8H,4-5H2,1-3H3,(H,15,17)(H,18,19). The van der Waals surface area contributed by atoms with E-state index in [1.54, 1.807) is 13.8 Å². The Morgan fingerprint density at radius 1 is 1.33 bits per heavy atom. The average Bonchev–Trinajstić information content (AvgIpc) is 2.43. The van der Waals surface area contributed by atoms with Gasteiger partial charge in [-0.2, -0.15) is 0 Å². The van der Waals surface area contributed by atoms with Crippen LogP contribution in [0.15, 0.2) is 18.2 Å². The number of carbonyl (C=O) groups excluding carboxylic acids is 1. The van der Waals surface area contributed by atoms with Crippen LogP contribution in [0.1, 0.15) is 42.6 Å². The van der Waals surface area contributed by atoms with Crippen molar-refractivity contribution in [3.05, 3.63) is 39.4 Å². The zero-order valence-corrected chi connectivity index (χ0v) is 12.2. The largest absolute Gasteiger partial charge is 0.480 e. The van der Waals surface area contributed by atoms with Gasteiger partial charge in [0, 0.05) is 17.2 Å². The zero-order chi connectivity index (χ0) is 16.2. The highest BCUT2D eigenvalue weighted by atomic mass is 16.6. The van der Waals surface area contributed by atoms with Crippen LogP contribution in [0.4, 0.5) is 5.69 Å². The Kier molecular flexibility index (Phi) is 5.02. The lowest BCUT2D eigenvalue weighted by atomic mass is 9.92. The van der Waals surface area contributed by atoms with E-state index < -0.39 is 22.3 Å². The van der Waals surface area contributed by atoms with Crippen LogP contribution in [0, 0.1) is 17.0 Å². The van der Waals surface area contributed by atoms with Crippen molar-refractivity contribution in [1.29, 1.82) is 0 Å². The zero-order valence-electron chi connectivity index (χ0n) is 12.2. The molecule has 0 saturated heterocycles. The number of hydrogen-bond acceptors (Lipinski definition) is 4. The smallest absolute Gasteiger partial charge is 0.329 e. The van der Waals surface area contributed by atoms with Crippen molar-refractivity contribution in [3.63, 3.8) is 0 Å². The molecule has 0 aliphatic rings. The van der Waals surface area contributed by atoms with E-state index in [1.165, 1.54) is 25.1 Å².